The molecule has 0 saturated carbocycles. The van der Waals surface area contributed by atoms with Crippen LogP contribution in [0.1, 0.15) is 25.0 Å². The molecule has 2 aromatic rings. The summed E-state index contributed by atoms with van der Waals surface area (Å²) in [4.78, 5) is 2.07. The highest BCUT2D eigenvalue weighted by molar-refractivity contribution is 5.17. The van der Waals surface area contributed by atoms with E-state index in [9.17, 15) is 0 Å². The normalized spacial score (nSPS) is 13.6. The number of ether oxygens (including phenoxy) is 3. The number of nitrogens with zero attached hydrogens (tertiary/aromatic N) is 1. The van der Waals surface area contributed by atoms with Crippen LogP contribution in [-0.2, 0) is 27.3 Å². The predicted molar refractivity (Wildman–Crippen MR) is 122 cm³/mol. The Morgan fingerprint density at radius 3 is 1.74 bits per heavy atom. The monoisotopic (exact) mass is 432 g/mol. The van der Waals surface area contributed by atoms with Crippen molar-refractivity contribution in [1.82, 2.24) is 4.90 Å². The molecule has 2 aromatic carbocycles. The molecule has 0 fully saturated rings. The van der Waals surface area contributed by atoms with Crippen molar-refractivity contribution in [3.05, 3.63) is 71.8 Å². The number of hydrogen-bond acceptors (Lipinski definition) is 5. The average molecular weight is 433 g/mol. The first-order chi connectivity index (χ1) is 15.1. The van der Waals surface area contributed by atoms with Gasteiger partial charge in [-0.15, -0.1) is 0 Å². The van der Waals surface area contributed by atoms with Gasteiger partial charge in [0, 0.05) is 19.6 Å². The van der Waals surface area contributed by atoms with Gasteiger partial charge in [0.05, 0.1) is 33.0 Å². The van der Waals surface area contributed by atoms with Gasteiger partial charge in [-0.3, -0.25) is 4.90 Å². The third-order valence-electron chi connectivity index (χ3n) is 4.88. The second-order valence-corrected chi connectivity index (χ2v) is 7.84. The maximum Gasteiger partial charge on any atom is 0.143 e. The van der Waals surface area contributed by atoms with Crippen LogP contribution in [0.2, 0.25) is 0 Å². The van der Waals surface area contributed by atoms with Crippen LogP contribution in [0.15, 0.2) is 60.7 Å². The van der Waals surface area contributed by atoms with Gasteiger partial charge in [-0.1, -0.05) is 74.5 Å². The minimum Gasteiger partial charge on any atom is -0.378 e. The third kappa shape index (κ3) is 9.89. The number of rotatable bonds is 16. The Labute approximate surface area is 186 Å². The summed E-state index contributed by atoms with van der Waals surface area (Å²) in [5.74, 6) is -0.162. The van der Waals surface area contributed by atoms with E-state index < -0.39 is 12.4 Å². The average Bonchev–Trinajstić information content (AvgIpc) is 2.79. The number of halogens is 1. The lowest BCUT2D eigenvalue weighted by molar-refractivity contribution is -0.131. The van der Waals surface area contributed by atoms with Crippen molar-refractivity contribution in [2.24, 2.45) is 11.7 Å². The highest BCUT2D eigenvalue weighted by Gasteiger charge is 2.31. The smallest absolute Gasteiger partial charge is 0.143 e. The van der Waals surface area contributed by atoms with E-state index in [1.165, 1.54) is 0 Å². The van der Waals surface area contributed by atoms with Crippen molar-refractivity contribution in [3.63, 3.8) is 0 Å². The van der Waals surface area contributed by atoms with E-state index in [0.717, 1.165) is 11.1 Å². The van der Waals surface area contributed by atoms with Crippen molar-refractivity contribution in [2.45, 2.75) is 39.3 Å². The van der Waals surface area contributed by atoms with Crippen LogP contribution in [-0.4, -0.2) is 56.9 Å². The van der Waals surface area contributed by atoms with Gasteiger partial charge >= 0.3 is 0 Å². The molecule has 172 valence electrons. The van der Waals surface area contributed by atoms with E-state index in [0.29, 0.717) is 52.7 Å². The van der Waals surface area contributed by atoms with Gasteiger partial charge in [0.2, 0.25) is 0 Å². The van der Waals surface area contributed by atoms with E-state index in [2.05, 4.69) is 29.2 Å². The fourth-order valence-electron chi connectivity index (χ4n) is 3.23. The third-order valence-corrected chi connectivity index (χ3v) is 4.88. The largest absolute Gasteiger partial charge is 0.378 e. The Kier molecular flexibility index (Phi) is 12.3. The van der Waals surface area contributed by atoms with Gasteiger partial charge in [0.25, 0.3) is 0 Å². The van der Waals surface area contributed by atoms with E-state index in [1.807, 2.05) is 50.2 Å². The second-order valence-electron chi connectivity index (χ2n) is 7.84. The van der Waals surface area contributed by atoms with Crippen molar-refractivity contribution in [1.29, 1.82) is 0 Å². The van der Waals surface area contributed by atoms with Gasteiger partial charge in [0.1, 0.15) is 12.4 Å². The van der Waals surface area contributed by atoms with E-state index in [4.69, 9.17) is 19.9 Å². The van der Waals surface area contributed by atoms with Crippen LogP contribution in [0.25, 0.3) is 0 Å². The number of benzene rings is 2. The Balaban J connectivity index is 2.03. The second kappa shape index (κ2) is 15.1. The molecule has 0 aliphatic carbocycles. The summed E-state index contributed by atoms with van der Waals surface area (Å²) >= 11 is 0. The fraction of sp³-hybridized carbons (Fsp3) is 0.520. The molecule has 6 heteroatoms. The molecule has 0 saturated heterocycles. The summed E-state index contributed by atoms with van der Waals surface area (Å²) in [5, 5.41) is 0. The summed E-state index contributed by atoms with van der Waals surface area (Å²) in [6.45, 7) is 7.64. The Morgan fingerprint density at radius 1 is 0.774 bits per heavy atom. The van der Waals surface area contributed by atoms with Crippen LogP contribution in [0.5, 0.6) is 0 Å². The molecule has 2 rings (SSSR count). The topological polar surface area (TPSA) is 57.0 Å². The van der Waals surface area contributed by atoms with Gasteiger partial charge < -0.3 is 19.9 Å². The van der Waals surface area contributed by atoms with E-state index >= 15 is 4.39 Å². The zero-order chi connectivity index (χ0) is 22.3. The minimum absolute atomic E-state index is 0.162. The van der Waals surface area contributed by atoms with Crippen LogP contribution in [0.3, 0.4) is 0 Å². The summed E-state index contributed by atoms with van der Waals surface area (Å²) in [6.07, 6.45) is -1.79. The molecule has 2 atom stereocenters. The summed E-state index contributed by atoms with van der Waals surface area (Å²) in [5.41, 5.74) is 7.63. The quantitative estimate of drug-likeness (QED) is 0.321. The molecular weight excluding hydrogens is 395 g/mol. The number of nitrogens with two attached hydrogens (primary N) is 1. The van der Waals surface area contributed by atoms with Crippen LogP contribution in [0.4, 0.5) is 4.39 Å². The first-order valence-electron chi connectivity index (χ1n) is 11.0. The van der Waals surface area contributed by atoms with Crippen molar-refractivity contribution >= 4 is 0 Å². The van der Waals surface area contributed by atoms with Gasteiger partial charge in [-0.2, -0.15) is 0 Å². The first kappa shape index (κ1) is 25.4. The lowest BCUT2D eigenvalue weighted by Crippen LogP contribution is -2.45. The lowest BCUT2D eigenvalue weighted by Gasteiger charge is -2.35. The molecule has 0 aromatic heterocycles. The van der Waals surface area contributed by atoms with Gasteiger partial charge in [-0.25, -0.2) is 4.39 Å². The summed E-state index contributed by atoms with van der Waals surface area (Å²) in [7, 11) is 0. The molecule has 0 spiro atoms. The highest BCUT2D eigenvalue weighted by Crippen LogP contribution is 2.22. The summed E-state index contributed by atoms with van der Waals surface area (Å²) < 4.78 is 32.2. The van der Waals surface area contributed by atoms with Crippen LogP contribution >= 0.6 is 0 Å². The molecule has 0 bridgehead atoms. The number of hydrogen-bond donors (Lipinski definition) is 1. The molecule has 5 nitrogen and oxygen atoms in total. The molecular formula is C25H37FN2O3. The van der Waals surface area contributed by atoms with Crippen LogP contribution < -0.4 is 5.73 Å². The maximum absolute atomic E-state index is 15.3. The Hall–Kier alpha value is -1.83. The molecule has 2 unspecified atom stereocenters. The summed E-state index contributed by atoms with van der Waals surface area (Å²) in [6, 6.07) is 20.2. The van der Waals surface area contributed by atoms with E-state index in [-0.39, 0.29) is 5.92 Å². The van der Waals surface area contributed by atoms with Gasteiger partial charge in [-0.05, 0) is 17.0 Å². The molecule has 2 N–H and O–H groups in total. The molecule has 0 heterocycles. The molecule has 31 heavy (non-hydrogen) atoms. The lowest BCUT2D eigenvalue weighted by atomic mass is 10.0. The zero-order valence-electron chi connectivity index (χ0n) is 18.8. The first-order valence-corrected chi connectivity index (χ1v) is 11.0. The minimum atomic E-state index is -1.12. The van der Waals surface area contributed by atoms with Crippen molar-refractivity contribution < 1.29 is 18.6 Å². The van der Waals surface area contributed by atoms with E-state index in [1.54, 1.807) is 0 Å². The maximum atomic E-state index is 15.3. The Morgan fingerprint density at radius 2 is 1.26 bits per heavy atom. The van der Waals surface area contributed by atoms with Gasteiger partial charge in [0.15, 0.2) is 0 Å². The SMILES string of the molecule is CC(C)C(F)C(OCCOCCOCCN)N(Cc1ccccc1)Cc1ccccc1. The zero-order valence-corrected chi connectivity index (χ0v) is 18.8. The highest BCUT2D eigenvalue weighted by atomic mass is 19.1. The molecule has 0 amide bonds. The predicted octanol–water partition coefficient (Wildman–Crippen LogP) is 4.02. The molecule has 0 radical (unpaired) electrons. The fourth-order valence-corrected chi connectivity index (χ4v) is 3.23. The van der Waals surface area contributed by atoms with Crippen LogP contribution in [0, 0.1) is 5.92 Å². The van der Waals surface area contributed by atoms with Crippen molar-refractivity contribution in [3.8, 4) is 0 Å². The standard InChI is InChI=1S/C25H37FN2O3/c1-21(2)24(26)25(31-18-17-30-16-15-29-14-13-27)28(19-22-9-5-3-6-10-22)20-23-11-7-4-8-12-23/h3-12,21,24-25H,13-20,27H2,1-2H3. The Bertz CT molecular complexity index is 646. The molecule has 0 aliphatic heterocycles. The molecule has 0 aliphatic rings. The number of alkyl halides is 1. The van der Waals surface area contributed by atoms with Crippen molar-refractivity contribution in [2.75, 3.05) is 39.6 Å².